The number of hydrogen-bond acceptors (Lipinski definition) is 6. The Morgan fingerprint density at radius 2 is 1.89 bits per heavy atom. The number of nitrogens with zero attached hydrogens (tertiary/aromatic N) is 1. The van der Waals surface area contributed by atoms with E-state index in [4.69, 9.17) is 14.2 Å². The fraction of sp³-hybridized carbons (Fsp3) is 0.393. The molecule has 6 nitrogen and oxygen atoms in total. The molecule has 0 radical (unpaired) electrons. The minimum atomic E-state index is -0.544. The summed E-state index contributed by atoms with van der Waals surface area (Å²) in [6.45, 7) is 7.76. The van der Waals surface area contributed by atoms with Gasteiger partial charge in [-0.25, -0.2) is 14.1 Å². The minimum Gasteiger partial charge on any atom is -0.478 e. The van der Waals surface area contributed by atoms with E-state index in [9.17, 15) is 14.3 Å². The van der Waals surface area contributed by atoms with Crippen molar-refractivity contribution in [3.05, 3.63) is 66.0 Å². The summed E-state index contributed by atoms with van der Waals surface area (Å²) < 4.78 is 30.8. The van der Waals surface area contributed by atoms with E-state index in [0.717, 1.165) is 12.8 Å². The molecule has 0 aliphatic rings. The van der Waals surface area contributed by atoms with Crippen LogP contribution in [0.1, 0.15) is 45.1 Å². The fourth-order valence-corrected chi connectivity index (χ4v) is 3.01. The van der Waals surface area contributed by atoms with Crippen LogP contribution in [0.2, 0.25) is 0 Å². The Hall–Kier alpha value is -3.18. The van der Waals surface area contributed by atoms with Gasteiger partial charge in [-0.05, 0) is 43.2 Å². The molecule has 0 saturated heterocycles. The van der Waals surface area contributed by atoms with Gasteiger partial charge in [-0.3, -0.25) is 0 Å². The van der Waals surface area contributed by atoms with E-state index in [-0.39, 0.29) is 31.6 Å². The largest absolute Gasteiger partial charge is 0.478 e. The molecule has 0 bridgehead atoms. The van der Waals surface area contributed by atoms with Crippen LogP contribution in [-0.2, 0) is 14.3 Å². The number of aliphatic hydroxyl groups excluding tert-OH is 1. The second kappa shape index (κ2) is 15.7. The SMILES string of the molecule is C=C(C)C(=O)OCN(CO)COc1ccc(-c2ccc(C#CCOCCCCCC)cc2F)cc1. The van der Waals surface area contributed by atoms with E-state index in [2.05, 4.69) is 25.3 Å². The predicted molar refractivity (Wildman–Crippen MR) is 134 cm³/mol. The van der Waals surface area contributed by atoms with Crippen LogP contribution in [-0.4, -0.2) is 49.4 Å². The maximum Gasteiger partial charge on any atom is 0.334 e. The summed E-state index contributed by atoms with van der Waals surface area (Å²) in [4.78, 5) is 12.8. The molecule has 1 N–H and O–H groups in total. The van der Waals surface area contributed by atoms with E-state index in [1.807, 2.05) is 0 Å². The maximum atomic E-state index is 14.7. The van der Waals surface area contributed by atoms with Gasteiger partial charge in [-0.15, -0.1) is 0 Å². The third-order valence-electron chi connectivity index (χ3n) is 5.02. The van der Waals surface area contributed by atoms with Gasteiger partial charge < -0.3 is 19.3 Å². The fourth-order valence-electron chi connectivity index (χ4n) is 3.01. The molecule has 7 heteroatoms. The van der Waals surface area contributed by atoms with Crippen molar-refractivity contribution in [3.63, 3.8) is 0 Å². The Morgan fingerprint density at radius 1 is 1.11 bits per heavy atom. The first-order valence-corrected chi connectivity index (χ1v) is 11.7. The van der Waals surface area contributed by atoms with Crippen LogP contribution in [0.3, 0.4) is 0 Å². The summed E-state index contributed by atoms with van der Waals surface area (Å²) in [5.41, 5.74) is 2.02. The van der Waals surface area contributed by atoms with E-state index in [1.165, 1.54) is 23.8 Å². The van der Waals surface area contributed by atoms with E-state index in [1.54, 1.807) is 43.3 Å². The zero-order chi connectivity index (χ0) is 25.5. The monoisotopic (exact) mass is 483 g/mol. The summed E-state index contributed by atoms with van der Waals surface area (Å²) in [5, 5.41) is 9.40. The Morgan fingerprint density at radius 3 is 2.54 bits per heavy atom. The lowest BCUT2D eigenvalue weighted by atomic mass is 10.0. The normalized spacial score (nSPS) is 10.5. The van der Waals surface area contributed by atoms with Crippen molar-refractivity contribution < 1.29 is 28.5 Å². The molecule has 35 heavy (non-hydrogen) atoms. The lowest BCUT2D eigenvalue weighted by Gasteiger charge is -2.19. The van der Waals surface area contributed by atoms with Crippen molar-refractivity contribution >= 4 is 5.97 Å². The van der Waals surface area contributed by atoms with Crippen LogP contribution >= 0.6 is 0 Å². The van der Waals surface area contributed by atoms with Crippen LogP contribution < -0.4 is 4.74 Å². The van der Waals surface area contributed by atoms with Gasteiger partial charge in [0, 0.05) is 23.3 Å². The molecule has 0 aromatic heterocycles. The first-order chi connectivity index (χ1) is 16.9. The molecule has 0 amide bonds. The molecule has 188 valence electrons. The average molecular weight is 484 g/mol. The van der Waals surface area contributed by atoms with Gasteiger partial charge in [-0.2, -0.15) is 0 Å². The number of unbranched alkanes of at least 4 members (excludes halogenated alkanes) is 3. The second-order valence-electron chi connectivity index (χ2n) is 8.06. The van der Waals surface area contributed by atoms with Crippen molar-refractivity contribution in [2.75, 3.05) is 33.4 Å². The average Bonchev–Trinajstić information content (AvgIpc) is 2.86. The van der Waals surface area contributed by atoms with E-state index >= 15 is 0 Å². The summed E-state index contributed by atoms with van der Waals surface area (Å²) >= 11 is 0. The molecule has 2 rings (SSSR count). The van der Waals surface area contributed by atoms with Crippen molar-refractivity contribution in [3.8, 4) is 28.7 Å². The van der Waals surface area contributed by atoms with Gasteiger partial charge >= 0.3 is 5.97 Å². The van der Waals surface area contributed by atoms with Gasteiger partial charge in [0.05, 0.1) is 0 Å². The number of hydrogen-bond donors (Lipinski definition) is 1. The number of esters is 1. The van der Waals surface area contributed by atoms with E-state index in [0.29, 0.717) is 35.7 Å². The lowest BCUT2D eigenvalue weighted by molar-refractivity contribution is -0.147. The number of carbonyl (C=O) groups excluding carboxylic acids is 1. The molecule has 0 heterocycles. The lowest BCUT2D eigenvalue weighted by Crippen LogP contribution is -2.32. The number of ether oxygens (including phenoxy) is 3. The molecule has 0 fully saturated rings. The van der Waals surface area contributed by atoms with Gasteiger partial charge in [0.1, 0.15) is 38.4 Å². The Labute approximate surface area is 207 Å². The number of carbonyl (C=O) groups is 1. The highest BCUT2D eigenvalue weighted by atomic mass is 19.1. The molecule has 2 aromatic rings. The smallest absolute Gasteiger partial charge is 0.334 e. The standard InChI is InChI=1S/C28H34FNO5/c1-4-5-6-7-16-33-17-8-9-23-10-15-26(27(29)18-23)24-11-13-25(14-12-24)34-20-30(19-31)21-35-28(32)22(2)3/h10-15,18,31H,2,4-7,16-17,19-21H2,1,3H3. The van der Waals surface area contributed by atoms with Gasteiger partial charge in [-0.1, -0.05) is 62.8 Å². The summed E-state index contributed by atoms with van der Waals surface area (Å²) in [6.07, 6.45) is 4.61. The molecule has 0 aliphatic heterocycles. The number of rotatable bonds is 14. The highest BCUT2D eigenvalue weighted by molar-refractivity contribution is 5.86. The highest BCUT2D eigenvalue weighted by Crippen LogP contribution is 2.25. The Balaban J connectivity index is 1.86. The number of halogens is 1. The van der Waals surface area contributed by atoms with Gasteiger partial charge in [0.15, 0.2) is 0 Å². The summed E-state index contributed by atoms with van der Waals surface area (Å²) in [5.74, 6) is 5.48. The molecule has 2 aromatic carbocycles. The summed E-state index contributed by atoms with van der Waals surface area (Å²) in [6, 6.07) is 11.8. The molecule has 0 aliphatic carbocycles. The Bertz CT molecular complexity index is 1010. The second-order valence-corrected chi connectivity index (χ2v) is 8.06. The molecular formula is C28H34FNO5. The third kappa shape index (κ3) is 10.3. The topological polar surface area (TPSA) is 68.2 Å². The van der Waals surface area contributed by atoms with Crippen LogP contribution in [0, 0.1) is 17.7 Å². The molecular weight excluding hydrogens is 449 g/mol. The molecule has 0 saturated carbocycles. The molecule has 0 atom stereocenters. The molecule has 0 spiro atoms. The van der Waals surface area contributed by atoms with E-state index < -0.39 is 5.97 Å². The third-order valence-corrected chi connectivity index (χ3v) is 5.02. The molecule has 0 unspecified atom stereocenters. The van der Waals surface area contributed by atoms with Crippen molar-refractivity contribution in [2.24, 2.45) is 0 Å². The number of aliphatic hydroxyl groups is 1. The van der Waals surface area contributed by atoms with Crippen molar-refractivity contribution in [1.29, 1.82) is 0 Å². The minimum absolute atomic E-state index is 0.00347. The van der Waals surface area contributed by atoms with Crippen molar-refractivity contribution in [2.45, 2.75) is 39.5 Å². The van der Waals surface area contributed by atoms with Gasteiger partial charge in [0.2, 0.25) is 0 Å². The van der Waals surface area contributed by atoms with Crippen LogP contribution in [0.4, 0.5) is 4.39 Å². The first-order valence-electron chi connectivity index (χ1n) is 11.7. The zero-order valence-corrected chi connectivity index (χ0v) is 20.5. The Kier molecular flexibility index (Phi) is 12.6. The quantitative estimate of drug-likeness (QED) is 0.132. The van der Waals surface area contributed by atoms with Crippen molar-refractivity contribution in [1.82, 2.24) is 4.90 Å². The van der Waals surface area contributed by atoms with Crippen LogP contribution in [0.25, 0.3) is 11.1 Å². The number of benzene rings is 2. The van der Waals surface area contributed by atoms with Crippen LogP contribution in [0.15, 0.2) is 54.6 Å². The van der Waals surface area contributed by atoms with Gasteiger partial charge in [0.25, 0.3) is 0 Å². The predicted octanol–water partition coefficient (Wildman–Crippen LogP) is 5.11. The summed E-state index contributed by atoms with van der Waals surface area (Å²) in [7, 11) is 0. The first kappa shape index (κ1) is 28.1. The van der Waals surface area contributed by atoms with Crippen LogP contribution in [0.5, 0.6) is 5.75 Å². The highest BCUT2D eigenvalue weighted by Gasteiger charge is 2.10. The maximum absolute atomic E-state index is 14.7. The zero-order valence-electron chi connectivity index (χ0n) is 20.5.